The Morgan fingerprint density at radius 1 is 1.53 bits per heavy atom. The maximum Gasteiger partial charge on any atom is 0.237 e. The lowest BCUT2D eigenvalue weighted by molar-refractivity contribution is -0.123. The van der Waals surface area contributed by atoms with Crippen LogP contribution < -0.4 is 10.6 Å². The van der Waals surface area contributed by atoms with Crippen molar-refractivity contribution in [1.29, 1.82) is 0 Å². The second kappa shape index (κ2) is 5.14. The van der Waals surface area contributed by atoms with Crippen molar-refractivity contribution in [1.82, 2.24) is 15.6 Å². The molecule has 0 bridgehead atoms. The lowest BCUT2D eigenvalue weighted by Crippen LogP contribution is -2.43. The molecule has 0 aliphatic heterocycles. The second-order valence-electron chi connectivity index (χ2n) is 4.70. The van der Waals surface area contributed by atoms with Crippen LogP contribution in [0.3, 0.4) is 0 Å². The Morgan fingerprint density at radius 2 is 2.24 bits per heavy atom. The molecule has 0 spiro atoms. The second-order valence-corrected chi connectivity index (χ2v) is 5.97. The number of aryl methyl sites for hydroxylation is 1. The first-order valence-electron chi connectivity index (χ1n) is 6.05. The number of hydrogen-bond acceptors (Lipinski definition) is 4. The van der Waals surface area contributed by atoms with E-state index < -0.39 is 0 Å². The van der Waals surface area contributed by atoms with Gasteiger partial charge in [0.15, 0.2) is 0 Å². The van der Waals surface area contributed by atoms with E-state index in [-0.39, 0.29) is 18.0 Å². The van der Waals surface area contributed by atoms with Crippen molar-refractivity contribution in [3.63, 3.8) is 0 Å². The van der Waals surface area contributed by atoms with Crippen LogP contribution in [0.5, 0.6) is 0 Å². The molecule has 5 heteroatoms. The van der Waals surface area contributed by atoms with Crippen molar-refractivity contribution in [3.05, 3.63) is 16.1 Å². The lowest BCUT2D eigenvalue weighted by Gasteiger charge is -2.17. The Balaban J connectivity index is 1.84. The molecule has 1 fully saturated rings. The molecule has 1 heterocycles. The quantitative estimate of drug-likeness (QED) is 0.841. The third-order valence-corrected chi connectivity index (χ3v) is 3.92. The Bertz CT molecular complexity index is 400. The van der Waals surface area contributed by atoms with E-state index in [4.69, 9.17) is 0 Å². The minimum atomic E-state index is -0.171. The van der Waals surface area contributed by atoms with E-state index >= 15 is 0 Å². The molecule has 2 atom stereocenters. The van der Waals surface area contributed by atoms with Crippen molar-refractivity contribution in [2.75, 3.05) is 0 Å². The van der Waals surface area contributed by atoms with Gasteiger partial charge >= 0.3 is 0 Å². The van der Waals surface area contributed by atoms with Crippen LogP contribution in [0.2, 0.25) is 0 Å². The first-order chi connectivity index (χ1) is 8.06. The van der Waals surface area contributed by atoms with Gasteiger partial charge in [-0.25, -0.2) is 4.98 Å². The molecule has 0 saturated heterocycles. The third-order valence-electron chi connectivity index (χ3n) is 2.83. The maximum absolute atomic E-state index is 11.8. The molecule has 1 aliphatic carbocycles. The fraction of sp³-hybridized carbons (Fsp3) is 0.667. The number of nitrogens with one attached hydrogen (secondary N) is 2. The molecular formula is C12H19N3OS. The highest BCUT2D eigenvalue weighted by molar-refractivity contribution is 7.11. The zero-order valence-electron chi connectivity index (χ0n) is 10.5. The van der Waals surface area contributed by atoms with Crippen molar-refractivity contribution in [2.24, 2.45) is 0 Å². The summed E-state index contributed by atoms with van der Waals surface area (Å²) in [5, 5.41) is 7.31. The monoisotopic (exact) mass is 253 g/mol. The number of nitrogens with zero attached hydrogens (tertiary/aromatic N) is 1. The van der Waals surface area contributed by atoms with Gasteiger partial charge in [0.2, 0.25) is 5.91 Å². The summed E-state index contributed by atoms with van der Waals surface area (Å²) in [4.78, 5) is 17.3. The van der Waals surface area contributed by atoms with Gasteiger partial charge in [-0.05, 0) is 33.6 Å². The number of carbonyl (C=O) groups excluding carboxylic acids is 1. The number of thiazole rings is 1. The fourth-order valence-corrected chi connectivity index (χ4v) is 2.43. The number of carbonyl (C=O) groups is 1. The number of rotatable bonds is 5. The van der Waals surface area contributed by atoms with Gasteiger partial charge in [-0.3, -0.25) is 10.1 Å². The molecule has 0 radical (unpaired) electrons. The Hall–Kier alpha value is -0.940. The summed E-state index contributed by atoms with van der Waals surface area (Å²) in [7, 11) is 0. The Morgan fingerprint density at radius 3 is 2.76 bits per heavy atom. The summed E-state index contributed by atoms with van der Waals surface area (Å²) in [6.07, 6.45) is 4.12. The maximum atomic E-state index is 11.8. The summed E-state index contributed by atoms with van der Waals surface area (Å²) in [6, 6.07) is 0.368. The van der Waals surface area contributed by atoms with Crippen molar-refractivity contribution in [2.45, 2.75) is 51.7 Å². The SMILES string of the molecule is Cc1cnc(C(C)NC(C)C(=O)NC2CC2)s1. The van der Waals surface area contributed by atoms with E-state index in [0.29, 0.717) is 6.04 Å². The minimum Gasteiger partial charge on any atom is -0.352 e. The van der Waals surface area contributed by atoms with Crippen LogP contribution in [0.25, 0.3) is 0 Å². The third kappa shape index (κ3) is 3.51. The molecule has 2 N–H and O–H groups in total. The first-order valence-corrected chi connectivity index (χ1v) is 6.86. The van der Waals surface area contributed by atoms with Crippen LogP contribution in [0, 0.1) is 6.92 Å². The van der Waals surface area contributed by atoms with E-state index in [2.05, 4.69) is 15.6 Å². The average Bonchev–Trinajstić information content (AvgIpc) is 2.97. The highest BCUT2D eigenvalue weighted by atomic mass is 32.1. The van der Waals surface area contributed by atoms with E-state index in [1.165, 1.54) is 4.88 Å². The summed E-state index contributed by atoms with van der Waals surface area (Å²) in [5.74, 6) is 0.0904. The van der Waals surface area contributed by atoms with Gasteiger partial charge in [0.05, 0.1) is 12.1 Å². The highest BCUT2D eigenvalue weighted by Crippen LogP contribution is 2.20. The molecule has 1 aliphatic rings. The molecule has 0 aromatic carbocycles. The van der Waals surface area contributed by atoms with Gasteiger partial charge < -0.3 is 5.32 Å². The predicted molar refractivity (Wildman–Crippen MR) is 69.0 cm³/mol. The van der Waals surface area contributed by atoms with Gasteiger partial charge in [0, 0.05) is 17.1 Å². The lowest BCUT2D eigenvalue weighted by atomic mass is 10.2. The number of aromatic nitrogens is 1. The molecule has 1 aromatic heterocycles. The molecule has 94 valence electrons. The largest absolute Gasteiger partial charge is 0.352 e. The smallest absolute Gasteiger partial charge is 0.237 e. The fourth-order valence-electron chi connectivity index (χ4n) is 1.65. The van der Waals surface area contributed by atoms with Crippen LogP contribution in [0.1, 0.15) is 42.6 Å². The van der Waals surface area contributed by atoms with Gasteiger partial charge in [-0.15, -0.1) is 11.3 Å². The molecule has 2 rings (SSSR count). The highest BCUT2D eigenvalue weighted by Gasteiger charge is 2.26. The number of hydrogen-bond donors (Lipinski definition) is 2. The Labute approximate surface area is 106 Å². The van der Waals surface area contributed by atoms with Crippen LogP contribution >= 0.6 is 11.3 Å². The normalized spacial score (nSPS) is 18.8. The van der Waals surface area contributed by atoms with Crippen molar-refractivity contribution in [3.8, 4) is 0 Å². The zero-order valence-corrected chi connectivity index (χ0v) is 11.3. The molecular weight excluding hydrogens is 234 g/mol. The predicted octanol–water partition coefficient (Wildman–Crippen LogP) is 1.77. The van der Waals surface area contributed by atoms with Gasteiger partial charge in [-0.1, -0.05) is 0 Å². The van der Waals surface area contributed by atoms with E-state index in [9.17, 15) is 4.79 Å². The van der Waals surface area contributed by atoms with Gasteiger partial charge in [0.1, 0.15) is 5.01 Å². The summed E-state index contributed by atoms with van der Waals surface area (Å²) < 4.78 is 0. The average molecular weight is 253 g/mol. The van der Waals surface area contributed by atoms with Crippen molar-refractivity contribution >= 4 is 17.2 Å². The van der Waals surface area contributed by atoms with E-state index in [1.807, 2.05) is 27.0 Å². The zero-order chi connectivity index (χ0) is 12.4. The minimum absolute atomic E-state index is 0.0904. The van der Waals surface area contributed by atoms with E-state index in [0.717, 1.165) is 17.8 Å². The first kappa shape index (κ1) is 12.5. The molecule has 1 saturated carbocycles. The van der Waals surface area contributed by atoms with E-state index in [1.54, 1.807) is 11.3 Å². The topological polar surface area (TPSA) is 54.0 Å². The van der Waals surface area contributed by atoms with Gasteiger partial charge in [-0.2, -0.15) is 0 Å². The van der Waals surface area contributed by atoms with Crippen LogP contribution in [0.15, 0.2) is 6.20 Å². The summed E-state index contributed by atoms with van der Waals surface area (Å²) >= 11 is 1.67. The van der Waals surface area contributed by atoms with Crippen molar-refractivity contribution < 1.29 is 4.79 Å². The van der Waals surface area contributed by atoms with Crippen LogP contribution in [-0.2, 0) is 4.79 Å². The van der Waals surface area contributed by atoms with Crippen LogP contribution in [0.4, 0.5) is 0 Å². The summed E-state index contributed by atoms with van der Waals surface area (Å²) in [6.45, 7) is 5.98. The molecule has 1 aromatic rings. The molecule has 4 nitrogen and oxygen atoms in total. The number of amides is 1. The standard InChI is InChI=1S/C12H19N3OS/c1-7-6-13-12(17-7)9(3)14-8(2)11(16)15-10-4-5-10/h6,8-10,14H,4-5H2,1-3H3,(H,15,16). The van der Waals surface area contributed by atoms with Gasteiger partial charge in [0.25, 0.3) is 0 Å². The summed E-state index contributed by atoms with van der Waals surface area (Å²) in [5.41, 5.74) is 0. The molecule has 2 unspecified atom stereocenters. The molecule has 1 amide bonds. The Kier molecular flexibility index (Phi) is 3.79. The van der Waals surface area contributed by atoms with Crippen LogP contribution in [-0.4, -0.2) is 23.0 Å². The molecule has 17 heavy (non-hydrogen) atoms.